The Bertz CT molecular complexity index is 615. The van der Waals surface area contributed by atoms with E-state index in [4.69, 9.17) is 16.7 Å². The van der Waals surface area contributed by atoms with E-state index in [1.54, 1.807) is 6.92 Å². The van der Waals surface area contributed by atoms with E-state index in [2.05, 4.69) is 10.3 Å². The number of carboxylic acids is 1. The summed E-state index contributed by atoms with van der Waals surface area (Å²) in [5.41, 5.74) is 0.592. The Kier molecular flexibility index (Phi) is 3.49. The lowest BCUT2D eigenvalue weighted by Gasteiger charge is -2.03. The van der Waals surface area contributed by atoms with Crippen molar-refractivity contribution in [1.29, 1.82) is 0 Å². The highest BCUT2D eigenvalue weighted by Gasteiger charge is 2.14. The number of rotatable bonds is 3. The van der Waals surface area contributed by atoms with Crippen LogP contribution in [0.2, 0.25) is 5.02 Å². The van der Waals surface area contributed by atoms with Crippen molar-refractivity contribution in [3.8, 4) is 0 Å². The van der Waals surface area contributed by atoms with Crippen LogP contribution in [0.4, 0.5) is 15.2 Å². The Balaban J connectivity index is 2.29. The van der Waals surface area contributed by atoms with Crippen LogP contribution >= 0.6 is 22.9 Å². The maximum absolute atomic E-state index is 13.5. The van der Waals surface area contributed by atoms with E-state index in [1.807, 2.05) is 0 Å². The smallest absolute Gasteiger partial charge is 0.347 e. The van der Waals surface area contributed by atoms with Gasteiger partial charge in [-0.25, -0.2) is 14.2 Å². The zero-order valence-electron chi connectivity index (χ0n) is 9.20. The minimum absolute atomic E-state index is 0.131. The van der Waals surface area contributed by atoms with Crippen molar-refractivity contribution in [2.75, 3.05) is 5.32 Å². The molecule has 0 aliphatic carbocycles. The minimum atomic E-state index is -1.05. The van der Waals surface area contributed by atoms with Gasteiger partial charge in [0, 0.05) is 5.02 Å². The fraction of sp³-hybridized carbons (Fsp3) is 0.0909. The standard InChI is InChI=1S/C11H8ClFN2O2S/c1-5-9(10(16)17)18-11(14-5)15-8-3-2-6(12)4-7(8)13/h2-4H,1H3,(H,14,15)(H,16,17). The first-order valence-electron chi connectivity index (χ1n) is 4.90. The zero-order chi connectivity index (χ0) is 13.3. The van der Waals surface area contributed by atoms with Gasteiger partial charge in [-0.1, -0.05) is 22.9 Å². The molecule has 1 aromatic heterocycles. The molecule has 0 atom stereocenters. The number of hydrogen-bond donors (Lipinski definition) is 2. The monoisotopic (exact) mass is 286 g/mol. The molecule has 94 valence electrons. The van der Waals surface area contributed by atoms with Gasteiger partial charge >= 0.3 is 5.97 Å². The molecular weight excluding hydrogens is 279 g/mol. The minimum Gasteiger partial charge on any atom is -0.477 e. The topological polar surface area (TPSA) is 62.2 Å². The number of benzene rings is 1. The fourth-order valence-corrected chi connectivity index (χ4v) is 2.33. The lowest BCUT2D eigenvalue weighted by Crippen LogP contribution is -1.94. The summed E-state index contributed by atoms with van der Waals surface area (Å²) in [5.74, 6) is -1.57. The van der Waals surface area contributed by atoms with Crippen LogP contribution in [0, 0.1) is 12.7 Å². The van der Waals surface area contributed by atoms with Crippen molar-refractivity contribution in [2.24, 2.45) is 0 Å². The molecule has 0 fully saturated rings. The van der Waals surface area contributed by atoms with Crippen molar-refractivity contribution in [1.82, 2.24) is 4.98 Å². The van der Waals surface area contributed by atoms with E-state index in [0.29, 0.717) is 15.8 Å². The summed E-state index contributed by atoms with van der Waals surface area (Å²) < 4.78 is 13.5. The number of aromatic nitrogens is 1. The third-order valence-corrected chi connectivity index (χ3v) is 3.46. The number of hydrogen-bond acceptors (Lipinski definition) is 4. The largest absolute Gasteiger partial charge is 0.477 e. The first kappa shape index (κ1) is 12.8. The van der Waals surface area contributed by atoms with Gasteiger partial charge in [0.1, 0.15) is 10.7 Å². The highest BCUT2D eigenvalue weighted by molar-refractivity contribution is 7.17. The molecule has 0 saturated heterocycles. The van der Waals surface area contributed by atoms with Crippen LogP contribution in [0.25, 0.3) is 0 Å². The van der Waals surface area contributed by atoms with Crippen LogP contribution in [0.3, 0.4) is 0 Å². The van der Waals surface area contributed by atoms with E-state index in [1.165, 1.54) is 18.2 Å². The number of aromatic carboxylic acids is 1. The first-order valence-corrected chi connectivity index (χ1v) is 6.09. The molecule has 2 N–H and O–H groups in total. The summed E-state index contributed by atoms with van der Waals surface area (Å²) in [4.78, 5) is 15.0. The Hall–Kier alpha value is -1.66. The Labute approximate surface area is 111 Å². The quantitative estimate of drug-likeness (QED) is 0.903. The van der Waals surface area contributed by atoms with Gasteiger partial charge in [0.25, 0.3) is 0 Å². The molecule has 7 heteroatoms. The molecule has 4 nitrogen and oxygen atoms in total. The normalized spacial score (nSPS) is 10.4. The Morgan fingerprint density at radius 3 is 2.83 bits per heavy atom. The summed E-state index contributed by atoms with van der Waals surface area (Å²) >= 11 is 6.59. The number of nitrogens with one attached hydrogen (secondary N) is 1. The number of anilines is 2. The van der Waals surface area contributed by atoms with Crippen LogP contribution in [0.15, 0.2) is 18.2 Å². The van der Waals surface area contributed by atoms with E-state index in [0.717, 1.165) is 11.3 Å². The number of carboxylic acid groups (broad SMARTS) is 1. The lowest BCUT2D eigenvalue weighted by molar-refractivity contribution is 0.0701. The van der Waals surface area contributed by atoms with Gasteiger partial charge in [0.2, 0.25) is 0 Å². The summed E-state index contributed by atoms with van der Waals surface area (Å²) in [6, 6.07) is 4.17. The van der Waals surface area contributed by atoms with Crippen molar-refractivity contribution in [3.05, 3.63) is 39.6 Å². The molecule has 0 aliphatic rings. The van der Waals surface area contributed by atoms with E-state index >= 15 is 0 Å². The molecule has 0 spiro atoms. The van der Waals surface area contributed by atoms with Crippen LogP contribution in [0.5, 0.6) is 0 Å². The molecule has 0 aliphatic heterocycles. The first-order chi connectivity index (χ1) is 8.47. The Morgan fingerprint density at radius 1 is 1.56 bits per heavy atom. The maximum Gasteiger partial charge on any atom is 0.347 e. The van der Waals surface area contributed by atoms with Gasteiger partial charge in [-0.05, 0) is 25.1 Å². The van der Waals surface area contributed by atoms with Crippen molar-refractivity contribution in [3.63, 3.8) is 0 Å². The second-order valence-corrected chi connectivity index (χ2v) is 4.92. The third-order valence-electron chi connectivity index (χ3n) is 2.16. The molecular formula is C11H8ClFN2O2S. The summed E-state index contributed by atoms with van der Waals surface area (Å²) in [6.45, 7) is 1.59. The van der Waals surface area contributed by atoms with E-state index in [9.17, 15) is 9.18 Å². The predicted molar refractivity (Wildman–Crippen MR) is 68.5 cm³/mol. The average Bonchev–Trinajstić information content (AvgIpc) is 2.64. The SMILES string of the molecule is Cc1nc(Nc2ccc(Cl)cc2F)sc1C(=O)O. The van der Waals surface area contributed by atoms with Crippen molar-refractivity contribution < 1.29 is 14.3 Å². The maximum atomic E-state index is 13.5. The predicted octanol–water partition coefficient (Wildman–Crippen LogP) is 3.69. The number of nitrogens with zero attached hydrogens (tertiary/aromatic N) is 1. The van der Waals surface area contributed by atoms with Crippen LogP contribution in [-0.2, 0) is 0 Å². The molecule has 1 aromatic carbocycles. The number of aryl methyl sites for hydroxylation is 1. The second kappa shape index (κ2) is 4.91. The number of halogens is 2. The van der Waals surface area contributed by atoms with Crippen molar-refractivity contribution >= 4 is 39.7 Å². The van der Waals surface area contributed by atoms with E-state index < -0.39 is 11.8 Å². The zero-order valence-corrected chi connectivity index (χ0v) is 10.8. The lowest BCUT2D eigenvalue weighted by atomic mass is 10.3. The van der Waals surface area contributed by atoms with Gasteiger partial charge in [-0.3, -0.25) is 0 Å². The van der Waals surface area contributed by atoms with E-state index in [-0.39, 0.29) is 10.6 Å². The third kappa shape index (κ3) is 2.60. The van der Waals surface area contributed by atoms with Gasteiger partial charge in [0.15, 0.2) is 5.13 Å². The summed E-state index contributed by atoms with van der Waals surface area (Å²) in [6.07, 6.45) is 0. The highest BCUT2D eigenvalue weighted by atomic mass is 35.5. The van der Waals surface area contributed by atoms with Gasteiger partial charge in [-0.15, -0.1) is 0 Å². The van der Waals surface area contributed by atoms with Crippen LogP contribution < -0.4 is 5.32 Å². The van der Waals surface area contributed by atoms with Gasteiger partial charge in [0.05, 0.1) is 11.4 Å². The summed E-state index contributed by atoms with van der Waals surface area (Å²) in [5, 5.41) is 12.2. The molecule has 0 unspecified atom stereocenters. The molecule has 2 aromatic rings. The van der Waals surface area contributed by atoms with Gasteiger partial charge < -0.3 is 10.4 Å². The molecule has 0 radical (unpaired) electrons. The fourth-order valence-electron chi connectivity index (χ4n) is 1.35. The number of thiazole rings is 1. The molecule has 1 heterocycles. The van der Waals surface area contributed by atoms with Crippen molar-refractivity contribution in [2.45, 2.75) is 6.92 Å². The molecule has 0 bridgehead atoms. The van der Waals surface area contributed by atoms with Crippen LogP contribution in [0.1, 0.15) is 15.4 Å². The Morgan fingerprint density at radius 2 is 2.28 bits per heavy atom. The van der Waals surface area contributed by atoms with Gasteiger partial charge in [-0.2, -0.15) is 0 Å². The van der Waals surface area contributed by atoms with Crippen LogP contribution in [-0.4, -0.2) is 16.1 Å². The number of carbonyl (C=O) groups is 1. The second-order valence-electron chi connectivity index (χ2n) is 3.49. The molecule has 0 saturated carbocycles. The average molecular weight is 287 g/mol. The molecule has 0 amide bonds. The highest BCUT2D eigenvalue weighted by Crippen LogP contribution is 2.27. The summed E-state index contributed by atoms with van der Waals surface area (Å²) in [7, 11) is 0. The molecule has 18 heavy (non-hydrogen) atoms. The molecule has 2 rings (SSSR count).